The van der Waals surface area contributed by atoms with Crippen LogP contribution >= 0.6 is 11.6 Å². The van der Waals surface area contributed by atoms with Gasteiger partial charge in [-0.3, -0.25) is 4.79 Å². The monoisotopic (exact) mass is 454 g/mol. The van der Waals surface area contributed by atoms with Gasteiger partial charge in [-0.15, -0.1) is 0 Å². The van der Waals surface area contributed by atoms with E-state index < -0.39 is 16.1 Å². The smallest absolute Gasteiger partial charge is 0.257 e. The molecule has 0 saturated heterocycles. The summed E-state index contributed by atoms with van der Waals surface area (Å²) in [7, 11) is -3.78. The molecular weight excluding hydrogens is 428 g/mol. The molecule has 1 atom stereocenters. The molecule has 0 aliphatic carbocycles. The molecule has 2 aromatic rings. The van der Waals surface area contributed by atoms with E-state index in [0.717, 1.165) is 5.56 Å². The van der Waals surface area contributed by atoms with Gasteiger partial charge in [0.15, 0.2) is 6.61 Å². The summed E-state index contributed by atoms with van der Waals surface area (Å²) in [5, 5.41) is 2.82. The Morgan fingerprint density at radius 1 is 1.17 bits per heavy atom. The predicted octanol–water partition coefficient (Wildman–Crippen LogP) is 3.30. The minimum Gasteiger partial charge on any atom is -0.482 e. The van der Waals surface area contributed by atoms with Gasteiger partial charge in [-0.25, -0.2) is 13.1 Å². The maximum Gasteiger partial charge on any atom is 0.257 e. The number of hydrogen-bond acceptors (Lipinski definition) is 5. The summed E-state index contributed by atoms with van der Waals surface area (Å²) < 4.78 is 38.5. The Balaban J connectivity index is 1.91. The van der Waals surface area contributed by atoms with Crippen molar-refractivity contribution in [2.75, 3.05) is 26.4 Å². The van der Waals surface area contributed by atoms with Crippen molar-refractivity contribution in [2.45, 2.75) is 31.2 Å². The van der Waals surface area contributed by atoms with Gasteiger partial charge in [0.25, 0.3) is 5.91 Å². The normalized spacial score (nSPS) is 12.4. The van der Waals surface area contributed by atoms with Crippen LogP contribution in [0.1, 0.15) is 31.9 Å². The van der Waals surface area contributed by atoms with E-state index in [9.17, 15) is 13.2 Å². The highest BCUT2D eigenvalue weighted by Crippen LogP contribution is 2.28. The summed E-state index contributed by atoms with van der Waals surface area (Å²) >= 11 is 6.17. The minimum atomic E-state index is -3.78. The number of carbonyl (C=O) groups excluding carboxylic acids is 1. The lowest BCUT2D eigenvalue weighted by atomic mass is 10.1. The molecule has 0 bridgehead atoms. The number of hydrogen-bond donors (Lipinski definition) is 2. The standard InChI is InChI=1S/C21H27ClN2O5S/c1-3-28-13-7-12-23-21(25)15-29-20-11-10-18(14-19(20)22)30(26,27)24-16(2)17-8-5-4-6-9-17/h4-6,8-11,14,16,24H,3,7,12-13,15H2,1-2H3,(H,23,25)/t16-/m0/s1. The van der Waals surface area contributed by atoms with Gasteiger partial charge in [0.2, 0.25) is 10.0 Å². The van der Waals surface area contributed by atoms with E-state index >= 15 is 0 Å². The Morgan fingerprint density at radius 2 is 1.90 bits per heavy atom. The number of carbonyl (C=O) groups is 1. The quantitative estimate of drug-likeness (QED) is 0.480. The average molecular weight is 455 g/mol. The molecule has 0 heterocycles. The fourth-order valence-corrected chi connectivity index (χ4v) is 4.17. The fraction of sp³-hybridized carbons (Fsp3) is 0.381. The van der Waals surface area contributed by atoms with Crippen molar-refractivity contribution in [1.29, 1.82) is 0 Å². The van der Waals surface area contributed by atoms with Crippen molar-refractivity contribution in [1.82, 2.24) is 10.0 Å². The summed E-state index contributed by atoms with van der Waals surface area (Å²) in [5.74, 6) is -0.0613. The average Bonchev–Trinajstić information content (AvgIpc) is 2.73. The van der Waals surface area contributed by atoms with E-state index in [-0.39, 0.29) is 28.2 Å². The zero-order chi connectivity index (χ0) is 22.0. The van der Waals surface area contributed by atoms with E-state index in [2.05, 4.69) is 10.0 Å². The van der Waals surface area contributed by atoms with Gasteiger partial charge in [-0.2, -0.15) is 0 Å². The molecule has 30 heavy (non-hydrogen) atoms. The molecule has 0 spiro atoms. The van der Waals surface area contributed by atoms with E-state index in [1.165, 1.54) is 18.2 Å². The Kier molecular flexibility index (Phi) is 9.58. The van der Waals surface area contributed by atoms with Crippen LogP contribution in [0.3, 0.4) is 0 Å². The Hall–Kier alpha value is -2.13. The second kappa shape index (κ2) is 11.9. The van der Waals surface area contributed by atoms with Gasteiger partial charge < -0.3 is 14.8 Å². The van der Waals surface area contributed by atoms with Gasteiger partial charge in [0.1, 0.15) is 5.75 Å². The lowest BCUT2D eigenvalue weighted by Gasteiger charge is -2.15. The molecule has 2 rings (SSSR count). The minimum absolute atomic E-state index is 0.0167. The van der Waals surface area contributed by atoms with Crippen LogP contribution in [0, 0.1) is 0 Å². The SMILES string of the molecule is CCOCCCNC(=O)COc1ccc(S(=O)(=O)N[C@@H](C)c2ccccc2)cc1Cl. The zero-order valence-corrected chi connectivity index (χ0v) is 18.6. The molecule has 0 fully saturated rings. The van der Waals surface area contributed by atoms with Crippen molar-refractivity contribution < 1.29 is 22.7 Å². The van der Waals surface area contributed by atoms with E-state index in [4.69, 9.17) is 21.1 Å². The summed E-state index contributed by atoms with van der Waals surface area (Å²) in [6.45, 7) is 5.16. The molecule has 0 radical (unpaired) electrons. The van der Waals surface area contributed by atoms with Gasteiger partial charge >= 0.3 is 0 Å². The van der Waals surface area contributed by atoms with Crippen molar-refractivity contribution in [2.24, 2.45) is 0 Å². The molecule has 0 unspecified atom stereocenters. The third kappa shape index (κ3) is 7.60. The second-order valence-corrected chi connectivity index (χ2v) is 8.66. The molecule has 0 saturated carbocycles. The van der Waals surface area contributed by atoms with Crippen LogP contribution in [0.2, 0.25) is 5.02 Å². The molecule has 1 amide bonds. The van der Waals surface area contributed by atoms with Crippen LogP contribution in [0.4, 0.5) is 0 Å². The molecule has 0 aromatic heterocycles. The largest absolute Gasteiger partial charge is 0.482 e. The maximum absolute atomic E-state index is 12.7. The van der Waals surface area contributed by atoms with Crippen molar-refractivity contribution in [3.8, 4) is 5.75 Å². The third-order valence-corrected chi connectivity index (χ3v) is 6.03. The summed E-state index contributed by atoms with van der Waals surface area (Å²) in [6.07, 6.45) is 0.710. The van der Waals surface area contributed by atoms with E-state index in [1.54, 1.807) is 6.92 Å². The van der Waals surface area contributed by atoms with Crippen LogP contribution in [0.15, 0.2) is 53.4 Å². The second-order valence-electron chi connectivity index (χ2n) is 6.53. The van der Waals surface area contributed by atoms with Crippen LogP contribution < -0.4 is 14.8 Å². The zero-order valence-electron chi connectivity index (χ0n) is 17.1. The third-order valence-electron chi connectivity index (χ3n) is 4.20. The maximum atomic E-state index is 12.7. The number of nitrogens with one attached hydrogen (secondary N) is 2. The van der Waals surface area contributed by atoms with Gasteiger partial charge in [0.05, 0.1) is 9.92 Å². The molecule has 9 heteroatoms. The number of ether oxygens (including phenoxy) is 2. The first kappa shape index (κ1) is 24.1. The molecular formula is C21H27ClN2O5S. The Labute approximate surface area is 182 Å². The first-order valence-corrected chi connectivity index (χ1v) is 11.5. The highest BCUT2D eigenvalue weighted by Gasteiger charge is 2.20. The summed E-state index contributed by atoms with van der Waals surface area (Å²) in [4.78, 5) is 11.8. The number of sulfonamides is 1. The van der Waals surface area contributed by atoms with Crippen molar-refractivity contribution in [3.05, 3.63) is 59.1 Å². The fourth-order valence-electron chi connectivity index (χ4n) is 2.62. The van der Waals surface area contributed by atoms with Crippen LogP contribution in [0.25, 0.3) is 0 Å². The molecule has 7 nitrogen and oxygen atoms in total. The highest BCUT2D eigenvalue weighted by molar-refractivity contribution is 7.89. The topological polar surface area (TPSA) is 93.7 Å². The first-order chi connectivity index (χ1) is 14.3. The van der Waals surface area contributed by atoms with E-state index in [1.807, 2.05) is 37.3 Å². The van der Waals surface area contributed by atoms with Crippen LogP contribution in [-0.4, -0.2) is 40.7 Å². The van der Waals surface area contributed by atoms with Crippen molar-refractivity contribution >= 4 is 27.5 Å². The van der Waals surface area contributed by atoms with Gasteiger partial charge in [0, 0.05) is 25.8 Å². The van der Waals surface area contributed by atoms with Crippen molar-refractivity contribution in [3.63, 3.8) is 0 Å². The Bertz CT molecular complexity index is 922. The number of benzene rings is 2. The van der Waals surface area contributed by atoms with E-state index in [0.29, 0.717) is 26.2 Å². The molecule has 164 valence electrons. The molecule has 0 aliphatic rings. The lowest BCUT2D eigenvalue weighted by Crippen LogP contribution is -2.30. The van der Waals surface area contributed by atoms with Gasteiger partial charge in [-0.05, 0) is 44.0 Å². The molecule has 2 N–H and O–H groups in total. The lowest BCUT2D eigenvalue weighted by molar-refractivity contribution is -0.123. The highest BCUT2D eigenvalue weighted by atomic mass is 35.5. The van der Waals surface area contributed by atoms with Crippen LogP contribution in [0.5, 0.6) is 5.75 Å². The van der Waals surface area contributed by atoms with Crippen LogP contribution in [-0.2, 0) is 19.6 Å². The number of amides is 1. The molecule has 2 aromatic carbocycles. The number of halogens is 1. The molecule has 0 aliphatic heterocycles. The summed E-state index contributed by atoms with van der Waals surface area (Å²) in [5.41, 5.74) is 0.847. The summed E-state index contributed by atoms with van der Waals surface area (Å²) in [6, 6.07) is 13.0. The number of rotatable bonds is 12. The van der Waals surface area contributed by atoms with Gasteiger partial charge in [-0.1, -0.05) is 41.9 Å². The Morgan fingerprint density at radius 3 is 2.57 bits per heavy atom. The first-order valence-electron chi connectivity index (χ1n) is 9.67. The predicted molar refractivity (Wildman–Crippen MR) is 116 cm³/mol.